The van der Waals surface area contributed by atoms with Crippen molar-refractivity contribution in [3.8, 4) is 0 Å². The standard InChI is InChI=1S/C19H24FN3O2S2/c1-14-12-15(4-9-18(14)27(3,24)25)13-23-19(21-2)22-10-11-26-17-7-5-16(20)6-8-17/h4-9,12H,10-11,13H2,1-3H3,(H2,21,22,23). The van der Waals surface area contributed by atoms with E-state index in [2.05, 4.69) is 15.6 Å². The molecule has 0 bridgehead atoms. The van der Waals surface area contributed by atoms with Gasteiger partial charge in [-0.15, -0.1) is 11.8 Å². The van der Waals surface area contributed by atoms with Gasteiger partial charge in [-0.05, 0) is 48.4 Å². The van der Waals surface area contributed by atoms with Crippen LogP contribution in [0, 0.1) is 12.7 Å². The van der Waals surface area contributed by atoms with Gasteiger partial charge in [-0.1, -0.05) is 12.1 Å². The summed E-state index contributed by atoms with van der Waals surface area (Å²) in [5.41, 5.74) is 1.71. The van der Waals surface area contributed by atoms with E-state index >= 15 is 0 Å². The van der Waals surface area contributed by atoms with Crippen molar-refractivity contribution in [1.29, 1.82) is 0 Å². The summed E-state index contributed by atoms with van der Waals surface area (Å²) in [6.45, 7) is 3.03. The lowest BCUT2D eigenvalue weighted by Crippen LogP contribution is -2.37. The largest absolute Gasteiger partial charge is 0.356 e. The van der Waals surface area contributed by atoms with E-state index in [0.717, 1.165) is 21.8 Å². The average Bonchev–Trinajstić information content (AvgIpc) is 2.61. The second-order valence-electron chi connectivity index (χ2n) is 6.03. The van der Waals surface area contributed by atoms with Gasteiger partial charge in [0.25, 0.3) is 0 Å². The summed E-state index contributed by atoms with van der Waals surface area (Å²) in [4.78, 5) is 5.55. The van der Waals surface area contributed by atoms with Gasteiger partial charge < -0.3 is 10.6 Å². The Hall–Kier alpha value is -2.06. The van der Waals surface area contributed by atoms with E-state index in [0.29, 0.717) is 23.9 Å². The van der Waals surface area contributed by atoms with Gasteiger partial charge in [-0.3, -0.25) is 4.99 Å². The monoisotopic (exact) mass is 409 g/mol. The summed E-state index contributed by atoms with van der Waals surface area (Å²) >= 11 is 1.63. The van der Waals surface area contributed by atoms with E-state index in [-0.39, 0.29) is 5.82 Å². The molecular weight excluding hydrogens is 385 g/mol. The topological polar surface area (TPSA) is 70.6 Å². The Balaban J connectivity index is 1.80. The molecular formula is C19H24FN3O2S2. The van der Waals surface area contributed by atoms with Crippen molar-refractivity contribution >= 4 is 27.6 Å². The minimum atomic E-state index is -3.21. The highest BCUT2D eigenvalue weighted by Crippen LogP contribution is 2.17. The first-order valence-electron chi connectivity index (χ1n) is 8.42. The number of nitrogens with one attached hydrogen (secondary N) is 2. The molecule has 0 unspecified atom stereocenters. The minimum Gasteiger partial charge on any atom is -0.356 e. The van der Waals surface area contributed by atoms with Crippen LogP contribution in [0.5, 0.6) is 0 Å². The highest BCUT2D eigenvalue weighted by molar-refractivity contribution is 7.99. The van der Waals surface area contributed by atoms with Crippen LogP contribution in [-0.2, 0) is 16.4 Å². The number of aliphatic imine (C=N–C) groups is 1. The lowest BCUT2D eigenvalue weighted by Gasteiger charge is -2.13. The maximum absolute atomic E-state index is 12.9. The molecule has 0 saturated carbocycles. The van der Waals surface area contributed by atoms with Gasteiger partial charge in [-0.2, -0.15) is 0 Å². The Bertz CT molecular complexity index is 898. The summed E-state index contributed by atoms with van der Waals surface area (Å²) in [7, 11) is -1.51. The summed E-state index contributed by atoms with van der Waals surface area (Å²) in [6.07, 6.45) is 1.21. The fourth-order valence-electron chi connectivity index (χ4n) is 2.51. The Kier molecular flexibility index (Phi) is 7.67. The maximum Gasteiger partial charge on any atom is 0.191 e. The smallest absolute Gasteiger partial charge is 0.191 e. The highest BCUT2D eigenvalue weighted by Gasteiger charge is 2.10. The van der Waals surface area contributed by atoms with E-state index in [1.54, 1.807) is 50.0 Å². The van der Waals surface area contributed by atoms with Crippen LogP contribution in [0.2, 0.25) is 0 Å². The van der Waals surface area contributed by atoms with Crippen molar-refractivity contribution in [2.45, 2.75) is 23.3 Å². The molecule has 0 fully saturated rings. The third-order valence-corrected chi connectivity index (χ3v) is 6.07. The van der Waals surface area contributed by atoms with Gasteiger partial charge >= 0.3 is 0 Å². The molecule has 0 spiro atoms. The summed E-state index contributed by atoms with van der Waals surface area (Å²) in [6, 6.07) is 11.7. The molecule has 2 rings (SSSR count). The number of aryl methyl sites for hydroxylation is 1. The lowest BCUT2D eigenvalue weighted by molar-refractivity contribution is 0.601. The van der Waals surface area contributed by atoms with Crippen LogP contribution in [0.4, 0.5) is 4.39 Å². The van der Waals surface area contributed by atoms with Crippen LogP contribution < -0.4 is 10.6 Å². The fraction of sp³-hybridized carbons (Fsp3) is 0.316. The Morgan fingerprint density at radius 3 is 2.44 bits per heavy atom. The van der Waals surface area contributed by atoms with E-state index in [1.807, 2.05) is 6.07 Å². The van der Waals surface area contributed by atoms with Crippen LogP contribution in [0.15, 0.2) is 57.2 Å². The molecule has 8 heteroatoms. The quantitative estimate of drug-likeness (QED) is 0.318. The third kappa shape index (κ3) is 6.88. The van der Waals surface area contributed by atoms with Gasteiger partial charge in [0.15, 0.2) is 15.8 Å². The molecule has 0 aliphatic heterocycles. The van der Waals surface area contributed by atoms with Crippen molar-refractivity contribution in [2.24, 2.45) is 4.99 Å². The zero-order valence-corrected chi connectivity index (χ0v) is 17.3. The van der Waals surface area contributed by atoms with Crippen LogP contribution >= 0.6 is 11.8 Å². The fourth-order valence-corrected chi connectivity index (χ4v) is 4.24. The van der Waals surface area contributed by atoms with Crippen molar-refractivity contribution in [3.63, 3.8) is 0 Å². The number of guanidine groups is 1. The molecule has 146 valence electrons. The molecule has 0 aliphatic rings. The zero-order valence-electron chi connectivity index (χ0n) is 15.6. The molecule has 0 aromatic heterocycles. The van der Waals surface area contributed by atoms with Crippen LogP contribution in [0.1, 0.15) is 11.1 Å². The predicted octanol–water partition coefficient (Wildman–Crippen LogP) is 2.99. The number of halogens is 1. The van der Waals surface area contributed by atoms with Crippen molar-refractivity contribution < 1.29 is 12.8 Å². The summed E-state index contributed by atoms with van der Waals surface area (Å²) in [5.74, 6) is 1.25. The first-order chi connectivity index (χ1) is 12.8. The van der Waals surface area contributed by atoms with Gasteiger partial charge in [0, 0.05) is 37.0 Å². The lowest BCUT2D eigenvalue weighted by atomic mass is 10.1. The molecule has 0 heterocycles. The number of rotatable bonds is 7. The van der Waals surface area contributed by atoms with E-state index < -0.39 is 9.84 Å². The van der Waals surface area contributed by atoms with Crippen molar-refractivity contribution in [2.75, 3.05) is 25.6 Å². The molecule has 0 saturated heterocycles. The normalized spacial score (nSPS) is 12.1. The van der Waals surface area contributed by atoms with Crippen LogP contribution in [0.3, 0.4) is 0 Å². The van der Waals surface area contributed by atoms with E-state index in [1.165, 1.54) is 18.4 Å². The summed E-state index contributed by atoms with van der Waals surface area (Å²) in [5, 5.41) is 6.43. The van der Waals surface area contributed by atoms with Gasteiger partial charge in [-0.25, -0.2) is 12.8 Å². The summed E-state index contributed by atoms with van der Waals surface area (Å²) < 4.78 is 36.2. The van der Waals surface area contributed by atoms with Crippen molar-refractivity contribution in [3.05, 3.63) is 59.4 Å². The number of hydrogen-bond donors (Lipinski definition) is 2. The SMILES string of the molecule is CN=C(NCCSc1ccc(F)cc1)NCc1ccc(S(C)(=O)=O)c(C)c1. The number of benzene rings is 2. The maximum atomic E-state index is 12.9. The number of hydrogen-bond acceptors (Lipinski definition) is 4. The van der Waals surface area contributed by atoms with Gasteiger partial charge in [0.05, 0.1) is 4.90 Å². The molecule has 0 atom stereocenters. The molecule has 2 aromatic carbocycles. The molecule has 27 heavy (non-hydrogen) atoms. The van der Waals surface area contributed by atoms with Crippen LogP contribution in [0.25, 0.3) is 0 Å². The predicted molar refractivity (Wildman–Crippen MR) is 110 cm³/mol. The second kappa shape index (κ2) is 9.75. The Labute approximate surface area is 164 Å². The minimum absolute atomic E-state index is 0.234. The first kappa shape index (κ1) is 21.2. The number of thioether (sulfide) groups is 1. The zero-order chi connectivity index (χ0) is 19.9. The molecule has 5 nitrogen and oxygen atoms in total. The second-order valence-corrected chi connectivity index (χ2v) is 9.18. The molecule has 0 radical (unpaired) electrons. The van der Waals surface area contributed by atoms with E-state index in [4.69, 9.17) is 0 Å². The average molecular weight is 410 g/mol. The molecule has 0 aliphatic carbocycles. The molecule has 2 aromatic rings. The van der Waals surface area contributed by atoms with E-state index in [9.17, 15) is 12.8 Å². The Morgan fingerprint density at radius 1 is 1.15 bits per heavy atom. The first-order valence-corrected chi connectivity index (χ1v) is 11.3. The van der Waals surface area contributed by atoms with Crippen molar-refractivity contribution in [1.82, 2.24) is 10.6 Å². The molecule has 0 amide bonds. The van der Waals surface area contributed by atoms with Crippen LogP contribution in [-0.4, -0.2) is 40.0 Å². The highest BCUT2D eigenvalue weighted by atomic mass is 32.2. The molecule has 2 N–H and O–H groups in total. The number of sulfone groups is 1. The van der Waals surface area contributed by atoms with Gasteiger partial charge in [0.2, 0.25) is 0 Å². The number of nitrogens with zero attached hydrogens (tertiary/aromatic N) is 1. The Morgan fingerprint density at radius 2 is 1.85 bits per heavy atom. The van der Waals surface area contributed by atoms with Gasteiger partial charge in [0.1, 0.15) is 5.82 Å². The third-order valence-electron chi connectivity index (χ3n) is 3.80.